The van der Waals surface area contributed by atoms with Crippen LogP contribution < -0.4 is 15.2 Å². The van der Waals surface area contributed by atoms with E-state index >= 15 is 0 Å². The van der Waals surface area contributed by atoms with Crippen LogP contribution in [0.1, 0.15) is 16.7 Å². The van der Waals surface area contributed by atoms with Gasteiger partial charge in [0.15, 0.2) is 13.2 Å². The highest BCUT2D eigenvalue weighted by Crippen LogP contribution is 2.36. The molecule has 0 fully saturated rings. The third kappa shape index (κ3) is 12.4. The minimum Gasteiger partial charge on any atom is -0.508 e. The van der Waals surface area contributed by atoms with Crippen molar-refractivity contribution >= 4 is 0 Å². The summed E-state index contributed by atoms with van der Waals surface area (Å²) in [6.07, 6.45) is -11.2. The molecule has 0 radical (unpaired) electrons. The molecule has 3 rings (SSSR count). The molecule has 0 aliphatic carbocycles. The SMILES string of the molecule is N#Cc1ccc(O)cc1.N#Cc1ccc(OCC(F)(F)C(F)(F)F)cc1.NCc1ccc(OCC(F)(F)C(F)(F)F)cc1. The maximum absolute atomic E-state index is 12.5. The summed E-state index contributed by atoms with van der Waals surface area (Å²) in [6.45, 7) is -3.28. The van der Waals surface area contributed by atoms with Gasteiger partial charge in [-0.25, -0.2) is 0 Å². The minimum atomic E-state index is -5.64. The molecule has 3 aromatic rings. The second-order valence-corrected chi connectivity index (χ2v) is 8.12. The predicted octanol–water partition coefficient (Wildman–Crippen LogP) is 7.12. The number of halogens is 10. The van der Waals surface area contributed by atoms with E-state index in [-0.39, 0.29) is 29.4 Å². The van der Waals surface area contributed by atoms with E-state index in [4.69, 9.17) is 21.4 Å². The number of phenolic OH excluding ortho intramolecular Hbond substituents is 1. The number of nitrogens with two attached hydrogens (primary N) is 1. The summed E-state index contributed by atoms with van der Waals surface area (Å²) in [7, 11) is 0. The van der Waals surface area contributed by atoms with Crippen molar-refractivity contribution in [3.05, 3.63) is 89.5 Å². The zero-order valence-corrected chi connectivity index (χ0v) is 21.6. The molecule has 0 aliphatic rings. The van der Waals surface area contributed by atoms with Gasteiger partial charge in [0.2, 0.25) is 0 Å². The van der Waals surface area contributed by atoms with E-state index in [1.807, 2.05) is 6.07 Å². The molecule has 43 heavy (non-hydrogen) atoms. The molecular formula is C27H21F10N3O3. The van der Waals surface area contributed by atoms with Crippen LogP contribution in [0.3, 0.4) is 0 Å². The first-order valence-corrected chi connectivity index (χ1v) is 11.5. The number of hydrogen-bond donors (Lipinski definition) is 2. The molecular weight excluding hydrogens is 604 g/mol. The fourth-order valence-corrected chi connectivity index (χ4v) is 2.40. The molecule has 0 saturated carbocycles. The number of rotatable bonds is 7. The van der Waals surface area contributed by atoms with Crippen LogP contribution in [0, 0.1) is 22.7 Å². The number of benzene rings is 3. The van der Waals surface area contributed by atoms with E-state index in [9.17, 15) is 43.9 Å². The molecule has 0 unspecified atom stereocenters. The molecule has 0 aliphatic heterocycles. The van der Waals surface area contributed by atoms with E-state index in [1.54, 1.807) is 18.2 Å². The lowest BCUT2D eigenvalue weighted by Crippen LogP contribution is -2.41. The highest BCUT2D eigenvalue weighted by Gasteiger charge is 2.59. The number of nitrogens with zero attached hydrogens (tertiary/aromatic N) is 2. The normalized spacial score (nSPS) is 11.5. The molecule has 232 valence electrons. The lowest BCUT2D eigenvalue weighted by Gasteiger charge is -2.19. The Morgan fingerprint density at radius 2 is 0.907 bits per heavy atom. The van der Waals surface area contributed by atoms with Gasteiger partial charge in [-0.15, -0.1) is 0 Å². The molecule has 3 N–H and O–H groups in total. The second-order valence-electron chi connectivity index (χ2n) is 8.12. The molecule has 0 heterocycles. The summed E-state index contributed by atoms with van der Waals surface area (Å²) in [5.74, 6) is -9.80. The first kappa shape index (κ1) is 36.3. The number of aromatic hydroxyl groups is 1. The summed E-state index contributed by atoms with van der Waals surface area (Å²) in [6, 6.07) is 20.1. The quantitative estimate of drug-likeness (QED) is 0.271. The number of alkyl halides is 10. The summed E-state index contributed by atoms with van der Waals surface area (Å²) in [5.41, 5.74) is 6.83. The van der Waals surface area contributed by atoms with Gasteiger partial charge in [0, 0.05) is 6.54 Å². The number of phenols is 1. The zero-order valence-electron chi connectivity index (χ0n) is 21.6. The van der Waals surface area contributed by atoms with E-state index in [0.29, 0.717) is 5.56 Å². The number of ether oxygens (including phenoxy) is 2. The van der Waals surface area contributed by atoms with Crippen LogP contribution in [0.2, 0.25) is 0 Å². The summed E-state index contributed by atoms with van der Waals surface area (Å²) >= 11 is 0. The van der Waals surface area contributed by atoms with E-state index < -0.39 is 37.4 Å². The predicted molar refractivity (Wildman–Crippen MR) is 131 cm³/mol. The van der Waals surface area contributed by atoms with Crippen molar-refractivity contribution in [3.8, 4) is 29.4 Å². The molecule has 0 bridgehead atoms. The van der Waals surface area contributed by atoms with Crippen LogP contribution in [0.25, 0.3) is 0 Å². The van der Waals surface area contributed by atoms with Gasteiger partial charge in [0.25, 0.3) is 0 Å². The van der Waals surface area contributed by atoms with E-state index in [1.165, 1.54) is 48.5 Å². The van der Waals surface area contributed by atoms with Crippen molar-refractivity contribution in [1.82, 2.24) is 0 Å². The van der Waals surface area contributed by atoms with E-state index in [0.717, 1.165) is 17.7 Å². The Hall–Kier alpha value is -4.70. The lowest BCUT2D eigenvalue weighted by atomic mass is 10.2. The molecule has 0 saturated heterocycles. The molecule has 6 nitrogen and oxygen atoms in total. The molecule has 0 aromatic heterocycles. The summed E-state index contributed by atoms with van der Waals surface area (Å²) < 4.78 is 129. The van der Waals surface area contributed by atoms with Crippen molar-refractivity contribution in [2.24, 2.45) is 5.73 Å². The molecule has 3 aromatic carbocycles. The maximum atomic E-state index is 12.5. The Balaban J connectivity index is 0.000000338. The third-order valence-corrected chi connectivity index (χ3v) is 4.81. The average molecular weight is 625 g/mol. The Labute approximate surface area is 238 Å². The van der Waals surface area contributed by atoms with Crippen LogP contribution in [0.15, 0.2) is 72.8 Å². The molecule has 0 atom stereocenters. The van der Waals surface area contributed by atoms with Crippen molar-refractivity contribution in [2.45, 2.75) is 30.7 Å². The average Bonchev–Trinajstić information content (AvgIpc) is 2.95. The Morgan fingerprint density at radius 3 is 1.21 bits per heavy atom. The fourth-order valence-electron chi connectivity index (χ4n) is 2.40. The van der Waals surface area contributed by atoms with Crippen molar-refractivity contribution in [2.75, 3.05) is 13.2 Å². The highest BCUT2D eigenvalue weighted by atomic mass is 19.4. The van der Waals surface area contributed by atoms with E-state index in [2.05, 4.69) is 9.47 Å². The molecule has 0 amide bonds. The van der Waals surface area contributed by atoms with Crippen LogP contribution in [0.5, 0.6) is 17.2 Å². The van der Waals surface area contributed by atoms with Crippen LogP contribution >= 0.6 is 0 Å². The van der Waals surface area contributed by atoms with Gasteiger partial charge >= 0.3 is 24.2 Å². The topological polar surface area (TPSA) is 112 Å². The first-order valence-electron chi connectivity index (χ1n) is 11.5. The highest BCUT2D eigenvalue weighted by molar-refractivity contribution is 5.35. The van der Waals surface area contributed by atoms with Crippen molar-refractivity contribution in [1.29, 1.82) is 10.5 Å². The monoisotopic (exact) mass is 625 g/mol. The minimum absolute atomic E-state index is 0.0638. The zero-order chi connectivity index (χ0) is 32.9. The Kier molecular flexibility index (Phi) is 13.1. The maximum Gasteiger partial charge on any atom is 0.456 e. The van der Waals surface area contributed by atoms with Gasteiger partial charge < -0.3 is 20.3 Å². The van der Waals surface area contributed by atoms with Crippen molar-refractivity contribution in [3.63, 3.8) is 0 Å². The smallest absolute Gasteiger partial charge is 0.456 e. The standard InChI is InChI=1S/C10H10F5NO.C10H6F5NO.C7H5NO/c2*11-9(12,10(13,14)15)6-17-8-3-1-7(5-16)2-4-8;8-5-6-1-3-7(9)4-2-6/h1-4H,5-6,16H2;1-4H,6H2;1-4,9H. The van der Waals surface area contributed by atoms with Gasteiger partial charge in [0.05, 0.1) is 23.3 Å². The van der Waals surface area contributed by atoms with Gasteiger partial charge in [-0.2, -0.15) is 54.4 Å². The van der Waals surface area contributed by atoms with Crippen LogP contribution in [0.4, 0.5) is 43.9 Å². The first-order chi connectivity index (χ1) is 19.8. The Morgan fingerprint density at radius 1 is 0.581 bits per heavy atom. The van der Waals surface area contributed by atoms with Crippen LogP contribution in [-0.2, 0) is 6.54 Å². The van der Waals surface area contributed by atoms with Crippen LogP contribution in [-0.4, -0.2) is 42.5 Å². The number of hydrogen-bond acceptors (Lipinski definition) is 6. The second kappa shape index (κ2) is 15.5. The van der Waals surface area contributed by atoms with Gasteiger partial charge in [0.1, 0.15) is 17.2 Å². The largest absolute Gasteiger partial charge is 0.508 e. The summed E-state index contributed by atoms with van der Waals surface area (Å²) in [4.78, 5) is 0. The third-order valence-electron chi connectivity index (χ3n) is 4.81. The summed E-state index contributed by atoms with van der Waals surface area (Å²) in [5, 5.41) is 25.5. The van der Waals surface area contributed by atoms with Gasteiger partial charge in [-0.05, 0) is 66.2 Å². The number of nitriles is 2. The van der Waals surface area contributed by atoms with Gasteiger partial charge in [-0.1, -0.05) is 12.1 Å². The molecule has 16 heteroatoms. The lowest BCUT2D eigenvalue weighted by molar-refractivity contribution is -0.290. The molecule has 0 spiro atoms. The Bertz CT molecular complexity index is 1350. The van der Waals surface area contributed by atoms with Crippen molar-refractivity contribution < 1.29 is 58.5 Å². The fraction of sp³-hybridized carbons (Fsp3) is 0.259. The van der Waals surface area contributed by atoms with Gasteiger partial charge in [-0.3, -0.25) is 0 Å².